The summed E-state index contributed by atoms with van der Waals surface area (Å²) in [7, 11) is 0. The second kappa shape index (κ2) is 5.37. The number of pyridine rings is 1. The first-order valence-corrected chi connectivity index (χ1v) is 7.42. The minimum atomic E-state index is -0.167. The lowest BCUT2D eigenvalue weighted by atomic mass is 9.96. The first-order valence-electron chi connectivity index (χ1n) is 7.42. The fraction of sp³-hybridized carbons (Fsp3) is 0.111. The van der Waals surface area contributed by atoms with Gasteiger partial charge in [-0.15, -0.1) is 0 Å². The molecule has 0 bridgehead atoms. The number of nitrogens with zero attached hydrogens (tertiary/aromatic N) is 1. The van der Waals surface area contributed by atoms with E-state index in [-0.39, 0.29) is 18.9 Å². The van der Waals surface area contributed by atoms with Gasteiger partial charge in [0.05, 0.1) is 24.4 Å². The molecule has 0 unspecified atom stereocenters. The van der Waals surface area contributed by atoms with Gasteiger partial charge in [0.1, 0.15) is 0 Å². The Morgan fingerprint density at radius 3 is 2.70 bits per heavy atom. The number of hydrogen-bond donors (Lipinski definition) is 3. The summed E-state index contributed by atoms with van der Waals surface area (Å²) in [5.74, 6) is -0.121. The largest absolute Gasteiger partial charge is 0.392 e. The molecule has 3 heterocycles. The molecule has 0 spiro atoms. The Morgan fingerprint density at radius 1 is 1.13 bits per heavy atom. The predicted octanol–water partition coefficient (Wildman–Crippen LogP) is 2.70. The van der Waals surface area contributed by atoms with Crippen molar-refractivity contribution < 1.29 is 9.90 Å². The summed E-state index contributed by atoms with van der Waals surface area (Å²) < 4.78 is 0. The Labute approximate surface area is 132 Å². The number of fused-ring (bicyclic) bond motifs is 3. The number of benzene rings is 1. The number of H-pyrrole nitrogens is 1. The smallest absolute Gasteiger partial charge is 0.228 e. The van der Waals surface area contributed by atoms with Crippen molar-refractivity contribution in [2.24, 2.45) is 0 Å². The average Bonchev–Trinajstić information content (AvgIpc) is 2.86. The summed E-state index contributed by atoms with van der Waals surface area (Å²) in [6.07, 6.45) is 3.59. The lowest BCUT2D eigenvalue weighted by Gasteiger charge is -2.10. The Bertz CT molecular complexity index is 926. The summed E-state index contributed by atoms with van der Waals surface area (Å²) >= 11 is 0. The van der Waals surface area contributed by atoms with Crippen LogP contribution in [0.1, 0.15) is 17.7 Å². The Kier molecular flexibility index (Phi) is 3.20. The van der Waals surface area contributed by atoms with Crippen molar-refractivity contribution in [3.05, 3.63) is 65.6 Å². The SMILES string of the molecule is O=C1CC(CO)=C(c2ccncc2)c2[nH]c3ccccc3c2N1. The van der Waals surface area contributed by atoms with E-state index in [1.165, 1.54) is 0 Å². The standard InChI is InChI=1S/C18H15N3O2/c22-10-12-9-15(23)21-17-13-3-1-2-4-14(13)20-18(17)16(12)11-5-7-19-8-6-11/h1-8,20,22H,9-10H2,(H,21,23). The van der Waals surface area contributed by atoms with Crippen molar-refractivity contribution in [3.63, 3.8) is 0 Å². The molecule has 2 aromatic heterocycles. The maximum absolute atomic E-state index is 12.3. The monoisotopic (exact) mass is 305 g/mol. The van der Waals surface area contributed by atoms with E-state index in [1.807, 2.05) is 36.4 Å². The molecule has 1 aliphatic heterocycles. The molecule has 0 aliphatic carbocycles. The number of hydrogen-bond acceptors (Lipinski definition) is 3. The van der Waals surface area contributed by atoms with E-state index in [0.717, 1.165) is 33.4 Å². The molecule has 0 saturated heterocycles. The van der Waals surface area contributed by atoms with Gasteiger partial charge >= 0.3 is 0 Å². The van der Waals surface area contributed by atoms with Crippen LogP contribution in [0.15, 0.2) is 54.4 Å². The van der Waals surface area contributed by atoms with Gasteiger partial charge in [-0.3, -0.25) is 9.78 Å². The maximum atomic E-state index is 12.3. The molecule has 4 rings (SSSR count). The lowest BCUT2D eigenvalue weighted by Crippen LogP contribution is -2.11. The predicted molar refractivity (Wildman–Crippen MR) is 88.9 cm³/mol. The summed E-state index contributed by atoms with van der Waals surface area (Å²) in [4.78, 5) is 19.7. The van der Waals surface area contributed by atoms with Crippen LogP contribution in [-0.2, 0) is 4.79 Å². The van der Waals surface area contributed by atoms with Gasteiger partial charge in [-0.2, -0.15) is 0 Å². The molecule has 5 heteroatoms. The summed E-state index contributed by atoms with van der Waals surface area (Å²) in [5.41, 5.74) is 5.02. The number of rotatable bonds is 2. The van der Waals surface area contributed by atoms with Crippen LogP contribution < -0.4 is 5.32 Å². The van der Waals surface area contributed by atoms with Crippen molar-refractivity contribution in [2.45, 2.75) is 6.42 Å². The number of para-hydroxylation sites is 1. The van der Waals surface area contributed by atoms with Gasteiger partial charge in [0.2, 0.25) is 5.91 Å². The zero-order chi connectivity index (χ0) is 15.8. The van der Waals surface area contributed by atoms with E-state index in [2.05, 4.69) is 15.3 Å². The minimum absolute atomic E-state index is 0.121. The normalized spacial score (nSPS) is 14.6. The van der Waals surface area contributed by atoms with E-state index in [1.54, 1.807) is 12.4 Å². The Hall–Kier alpha value is -2.92. The Balaban J connectivity index is 2.07. The van der Waals surface area contributed by atoms with Crippen molar-refractivity contribution in [3.8, 4) is 0 Å². The number of carbonyl (C=O) groups is 1. The van der Waals surface area contributed by atoms with Crippen molar-refractivity contribution in [1.29, 1.82) is 0 Å². The molecule has 0 saturated carbocycles. The van der Waals surface area contributed by atoms with Crippen LogP contribution in [0.3, 0.4) is 0 Å². The number of aromatic amines is 1. The van der Waals surface area contributed by atoms with Crippen molar-refractivity contribution in [1.82, 2.24) is 9.97 Å². The van der Waals surface area contributed by atoms with E-state index in [4.69, 9.17) is 0 Å². The molecule has 3 aromatic rings. The number of nitrogens with one attached hydrogen (secondary N) is 2. The number of aliphatic hydroxyl groups excluding tert-OH is 1. The minimum Gasteiger partial charge on any atom is -0.392 e. The van der Waals surface area contributed by atoms with E-state index >= 15 is 0 Å². The molecule has 1 amide bonds. The summed E-state index contributed by atoms with van der Waals surface area (Å²) in [6, 6.07) is 11.6. The number of aliphatic hydroxyl groups is 1. The molecule has 1 aliphatic rings. The highest BCUT2D eigenvalue weighted by Crippen LogP contribution is 2.39. The first-order chi connectivity index (χ1) is 11.3. The summed E-state index contributed by atoms with van der Waals surface area (Å²) in [6.45, 7) is -0.167. The fourth-order valence-corrected chi connectivity index (χ4v) is 3.10. The van der Waals surface area contributed by atoms with Gasteiger partial charge in [-0.25, -0.2) is 0 Å². The second-order valence-corrected chi connectivity index (χ2v) is 5.52. The molecule has 0 radical (unpaired) electrons. The molecule has 1 aromatic carbocycles. The third-order valence-corrected chi connectivity index (χ3v) is 4.11. The molecule has 5 nitrogen and oxygen atoms in total. The van der Waals surface area contributed by atoms with E-state index in [9.17, 15) is 9.90 Å². The molecular formula is C18H15N3O2. The van der Waals surface area contributed by atoms with Crippen LogP contribution in [0.2, 0.25) is 0 Å². The van der Waals surface area contributed by atoms with Gasteiger partial charge in [0.25, 0.3) is 0 Å². The van der Waals surface area contributed by atoms with Crippen LogP contribution in [0.4, 0.5) is 5.69 Å². The molecule has 0 fully saturated rings. The molecule has 114 valence electrons. The number of amides is 1. The quantitative estimate of drug-likeness (QED) is 0.681. The second-order valence-electron chi connectivity index (χ2n) is 5.52. The number of aromatic nitrogens is 2. The maximum Gasteiger partial charge on any atom is 0.228 e. The van der Waals surface area contributed by atoms with Gasteiger partial charge in [-0.05, 0) is 29.3 Å². The topological polar surface area (TPSA) is 78.0 Å². The first kappa shape index (κ1) is 13.7. The highest BCUT2D eigenvalue weighted by atomic mass is 16.3. The number of anilines is 1. The third kappa shape index (κ3) is 2.22. The van der Waals surface area contributed by atoms with Crippen molar-refractivity contribution in [2.75, 3.05) is 11.9 Å². The zero-order valence-corrected chi connectivity index (χ0v) is 12.3. The fourth-order valence-electron chi connectivity index (χ4n) is 3.10. The lowest BCUT2D eigenvalue weighted by molar-refractivity contribution is -0.115. The molecule has 23 heavy (non-hydrogen) atoms. The molecule has 0 atom stereocenters. The zero-order valence-electron chi connectivity index (χ0n) is 12.3. The third-order valence-electron chi connectivity index (χ3n) is 4.11. The molecule has 3 N–H and O–H groups in total. The summed E-state index contributed by atoms with van der Waals surface area (Å²) in [5, 5.41) is 13.7. The van der Waals surface area contributed by atoms with Crippen LogP contribution in [-0.4, -0.2) is 27.6 Å². The van der Waals surface area contributed by atoms with Gasteiger partial charge in [-0.1, -0.05) is 18.2 Å². The average molecular weight is 305 g/mol. The van der Waals surface area contributed by atoms with Crippen LogP contribution in [0, 0.1) is 0 Å². The van der Waals surface area contributed by atoms with Gasteiger partial charge in [0, 0.05) is 28.9 Å². The van der Waals surface area contributed by atoms with Crippen LogP contribution in [0.25, 0.3) is 16.5 Å². The Morgan fingerprint density at radius 2 is 1.91 bits per heavy atom. The van der Waals surface area contributed by atoms with Gasteiger partial charge < -0.3 is 15.4 Å². The molecular weight excluding hydrogens is 290 g/mol. The van der Waals surface area contributed by atoms with Crippen LogP contribution >= 0.6 is 0 Å². The van der Waals surface area contributed by atoms with Crippen molar-refractivity contribution >= 4 is 28.1 Å². The highest BCUT2D eigenvalue weighted by Gasteiger charge is 2.25. The van der Waals surface area contributed by atoms with E-state index < -0.39 is 0 Å². The highest BCUT2D eigenvalue weighted by molar-refractivity contribution is 6.10. The van der Waals surface area contributed by atoms with E-state index in [0.29, 0.717) is 5.57 Å². The number of carbonyl (C=O) groups excluding carboxylic acids is 1. The van der Waals surface area contributed by atoms with Crippen LogP contribution in [0.5, 0.6) is 0 Å². The van der Waals surface area contributed by atoms with Gasteiger partial charge in [0.15, 0.2) is 0 Å².